The number of aromatic amines is 1. The third kappa shape index (κ3) is 4.44. The summed E-state index contributed by atoms with van der Waals surface area (Å²) in [6, 6.07) is 6.77. The van der Waals surface area contributed by atoms with Crippen LogP contribution in [0.2, 0.25) is 5.15 Å². The van der Waals surface area contributed by atoms with Gasteiger partial charge >= 0.3 is 5.57 Å². The van der Waals surface area contributed by atoms with Crippen LogP contribution in [0.5, 0.6) is 5.75 Å². The highest BCUT2D eigenvalue weighted by atomic mass is 35.5. The molecule has 3 rings (SSSR count). The van der Waals surface area contributed by atoms with Gasteiger partial charge in [-0.25, -0.2) is 4.98 Å². The van der Waals surface area contributed by atoms with Crippen LogP contribution in [0.3, 0.4) is 0 Å². The van der Waals surface area contributed by atoms with Gasteiger partial charge in [-0.3, -0.25) is 4.79 Å². The lowest BCUT2D eigenvalue weighted by Gasteiger charge is -2.11. The number of halogens is 4. The van der Waals surface area contributed by atoms with Crippen LogP contribution in [0.1, 0.15) is 10.4 Å². The molecule has 0 radical (unpaired) electrons. The maximum atomic E-state index is 12.6. The number of anilines is 1. The number of alkyl halides is 3. The number of nitrogens with zero attached hydrogens (tertiary/aromatic N) is 3. The smallest absolute Gasteiger partial charge is 0.420 e. The Labute approximate surface area is 155 Å². The molecule has 7 nitrogen and oxygen atoms in total. The molecule has 1 amide bonds. The summed E-state index contributed by atoms with van der Waals surface area (Å²) in [7, 11) is 0. The van der Waals surface area contributed by atoms with E-state index in [9.17, 15) is 13.6 Å². The molecule has 0 spiro atoms. The number of H-pyrrole nitrogens is 1. The van der Waals surface area contributed by atoms with Gasteiger partial charge in [0, 0.05) is 29.0 Å². The fraction of sp³-hybridized carbons (Fsp3) is 0.0667. The van der Waals surface area contributed by atoms with Crippen LogP contribution < -0.4 is 10.1 Å². The number of amides is 1. The van der Waals surface area contributed by atoms with E-state index in [1.54, 1.807) is 0 Å². The molecule has 2 aromatic heterocycles. The Morgan fingerprint density at radius 3 is 2.58 bits per heavy atom. The number of pyridine rings is 1. The summed E-state index contributed by atoms with van der Waals surface area (Å²) in [6.07, 6.45) is 2.74. The molecule has 134 valence electrons. The molecule has 3 aromatic rings. The van der Waals surface area contributed by atoms with E-state index in [2.05, 4.69) is 42.0 Å². The quantitative estimate of drug-likeness (QED) is 0.500. The van der Waals surface area contributed by atoms with Crippen molar-refractivity contribution >= 4 is 34.8 Å². The second-order valence-corrected chi connectivity index (χ2v) is 5.74. The van der Waals surface area contributed by atoms with E-state index in [1.165, 1.54) is 42.7 Å². The highest BCUT2D eigenvalue weighted by Crippen LogP contribution is 2.27. The van der Waals surface area contributed by atoms with E-state index in [0.717, 1.165) is 0 Å². The molecule has 0 atom stereocenters. The Morgan fingerprint density at radius 2 is 1.96 bits per heavy atom. The van der Waals surface area contributed by atoms with Gasteiger partial charge < -0.3 is 10.1 Å². The number of carbonyl (C=O) groups is 1. The number of benzene rings is 1. The molecule has 2 heterocycles. The Hall–Kier alpha value is -2.78. The summed E-state index contributed by atoms with van der Waals surface area (Å²) in [6.45, 7) is 0. The van der Waals surface area contributed by atoms with Gasteiger partial charge in [-0.2, -0.15) is 15.4 Å². The lowest BCUT2D eigenvalue weighted by atomic mass is 10.1. The standard InChI is InChI=1S/C15H9Cl2F2N5O2/c16-13-11(12-7-21-24-23-12)5-8(6-20-13)14(25)22-9-1-3-10(4-2-9)26-15(17,18)19/h1-7H,(H,22,25)(H,21,23,24). The number of hydrogen-bond donors (Lipinski definition) is 2. The van der Waals surface area contributed by atoms with E-state index in [1.807, 2.05) is 0 Å². The number of aromatic nitrogens is 4. The monoisotopic (exact) mass is 399 g/mol. The SMILES string of the molecule is O=C(Nc1ccc(OC(F)(F)Cl)cc1)c1cnc(Cl)c(-c2cn[nH]n2)c1. The number of hydrogen-bond acceptors (Lipinski definition) is 5. The average Bonchev–Trinajstić information content (AvgIpc) is 3.10. The van der Waals surface area contributed by atoms with Crippen molar-refractivity contribution in [2.24, 2.45) is 0 Å². The fourth-order valence-corrected chi connectivity index (χ4v) is 2.32. The van der Waals surface area contributed by atoms with E-state index in [-0.39, 0.29) is 16.5 Å². The summed E-state index contributed by atoms with van der Waals surface area (Å²) >= 11 is 10.7. The Kier molecular flexibility index (Phi) is 5.01. The number of rotatable bonds is 5. The third-order valence-electron chi connectivity index (χ3n) is 3.14. The molecule has 0 aliphatic heterocycles. The average molecular weight is 400 g/mol. The lowest BCUT2D eigenvalue weighted by molar-refractivity contribution is -0.0964. The van der Waals surface area contributed by atoms with Crippen LogP contribution >= 0.6 is 23.2 Å². The maximum Gasteiger partial charge on any atom is 0.487 e. The first-order valence-corrected chi connectivity index (χ1v) is 7.76. The Morgan fingerprint density at radius 1 is 1.23 bits per heavy atom. The van der Waals surface area contributed by atoms with E-state index in [0.29, 0.717) is 16.9 Å². The zero-order chi connectivity index (χ0) is 18.7. The normalized spacial score (nSPS) is 11.2. The van der Waals surface area contributed by atoms with Crippen molar-refractivity contribution in [3.63, 3.8) is 0 Å². The van der Waals surface area contributed by atoms with Gasteiger partial charge in [-0.15, -0.1) is 8.78 Å². The van der Waals surface area contributed by atoms with Gasteiger partial charge in [0.25, 0.3) is 5.91 Å². The van der Waals surface area contributed by atoms with Gasteiger partial charge in [-0.05, 0) is 30.3 Å². The molecule has 0 saturated carbocycles. The van der Waals surface area contributed by atoms with Crippen molar-refractivity contribution in [2.75, 3.05) is 5.32 Å². The van der Waals surface area contributed by atoms with Gasteiger partial charge in [0.05, 0.1) is 11.8 Å². The summed E-state index contributed by atoms with van der Waals surface area (Å²) in [5.41, 5.74) is -2.36. The summed E-state index contributed by atoms with van der Waals surface area (Å²) < 4.78 is 29.3. The molecule has 0 unspecified atom stereocenters. The van der Waals surface area contributed by atoms with E-state index >= 15 is 0 Å². The minimum atomic E-state index is -3.81. The zero-order valence-electron chi connectivity index (χ0n) is 12.7. The van der Waals surface area contributed by atoms with Crippen LogP contribution in [0.25, 0.3) is 11.3 Å². The first kappa shape index (κ1) is 18.0. The Bertz CT molecular complexity index is 915. The maximum absolute atomic E-state index is 12.6. The van der Waals surface area contributed by atoms with Crippen molar-refractivity contribution in [2.45, 2.75) is 5.57 Å². The van der Waals surface area contributed by atoms with Crippen LogP contribution in [0.4, 0.5) is 14.5 Å². The van der Waals surface area contributed by atoms with Gasteiger partial charge in [0.1, 0.15) is 16.6 Å². The third-order valence-corrected chi connectivity index (χ3v) is 3.52. The van der Waals surface area contributed by atoms with Gasteiger partial charge in [-0.1, -0.05) is 11.6 Å². The van der Waals surface area contributed by atoms with Crippen molar-refractivity contribution in [3.05, 3.63) is 53.4 Å². The summed E-state index contributed by atoms with van der Waals surface area (Å²) in [5.74, 6) is -0.625. The van der Waals surface area contributed by atoms with E-state index in [4.69, 9.17) is 11.6 Å². The largest absolute Gasteiger partial charge is 0.487 e. The molecule has 2 N–H and O–H groups in total. The fourth-order valence-electron chi connectivity index (χ4n) is 2.03. The van der Waals surface area contributed by atoms with Crippen LogP contribution in [0, 0.1) is 0 Å². The molecule has 0 aliphatic rings. The van der Waals surface area contributed by atoms with Crippen LogP contribution in [0.15, 0.2) is 42.7 Å². The second kappa shape index (κ2) is 7.22. The first-order chi connectivity index (χ1) is 12.3. The van der Waals surface area contributed by atoms with Crippen molar-refractivity contribution in [3.8, 4) is 17.0 Å². The molecule has 0 bridgehead atoms. The summed E-state index contributed by atoms with van der Waals surface area (Å²) in [4.78, 5) is 16.3. The minimum Gasteiger partial charge on any atom is -0.420 e. The molecule has 0 saturated heterocycles. The topological polar surface area (TPSA) is 92.8 Å². The molecule has 1 aromatic carbocycles. The lowest BCUT2D eigenvalue weighted by Crippen LogP contribution is -2.16. The number of carbonyl (C=O) groups excluding carboxylic acids is 1. The predicted molar refractivity (Wildman–Crippen MR) is 90.4 cm³/mol. The second-order valence-electron chi connectivity index (χ2n) is 4.94. The van der Waals surface area contributed by atoms with Crippen molar-refractivity contribution < 1.29 is 18.3 Å². The first-order valence-electron chi connectivity index (χ1n) is 7.01. The summed E-state index contributed by atoms with van der Waals surface area (Å²) in [5, 5.41) is 12.8. The highest BCUT2D eigenvalue weighted by Gasteiger charge is 2.27. The molecule has 0 aliphatic carbocycles. The van der Waals surface area contributed by atoms with Crippen molar-refractivity contribution in [1.29, 1.82) is 0 Å². The molecule has 0 fully saturated rings. The van der Waals surface area contributed by atoms with Crippen LogP contribution in [-0.2, 0) is 0 Å². The van der Waals surface area contributed by atoms with Crippen molar-refractivity contribution in [1.82, 2.24) is 20.4 Å². The van der Waals surface area contributed by atoms with Crippen LogP contribution in [-0.4, -0.2) is 31.9 Å². The highest BCUT2D eigenvalue weighted by molar-refractivity contribution is 6.32. The predicted octanol–water partition coefficient (Wildman–Crippen LogP) is 3.94. The number of ether oxygens (including phenoxy) is 1. The van der Waals surface area contributed by atoms with Gasteiger partial charge in [0.2, 0.25) is 0 Å². The Balaban J connectivity index is 1.75. The molecule has 26 heavy (non-hydrogen) atoms. The number of nitrogens with one attached hydrogen (secondary N) is 2. The molecule has 11 heteroatoms. The minimum absolute atomic E-state index is 0.149. The van der Waals surface area contributed by atoms with Gasteiger partial charge in [0.15, 0.2) is 0 Å². The van der Waals surface area contributed by atoms with E-state index < -0.39 is 11.5 Å². The molecular weight excluding hydrogens is 391 g/mol. The zero-order valence-corrected chi connectivity index (χ0v) is 14.2. The molecular formula is C15H9Cl2F2N5O2.